The molecule has 26 heavy (non-hydrogen) atoms. The molecule has 0 saturated carbocycles. The largest absolute Gasteiger partial charge is 0.258 e. The van der Waals surface area contributed by atoms with E-state index < -0.39 is 0 Å². The van der Waals surface area contributed by atoms with E-state index in [1.807, 2.05) is 42.1 Å². The molecule has 0 atom stereocenters. The van der Waals surface area contributed by atoms with Crippen LogP contribution in [-0.2, 0) is 0 Å². The second-order valence-corrected chi connectivity index (χ2v) is 7.99. The van der Waals surface area contributed by atoms with Crippen molar-refractivity contribution in [1.82, 2.24) is 4.68 Å². The Morgan fingerprint density at radius 1 is 1.08 bits per heavy atom. The Bertz CT molecular complexity index is 1030. The van der Waals surface area contributed by atoms with Crippen LogP contribution in [0.5, 0.6) is 0 Å². The van der Waals surface area contributed by atoms with E-state index in [2.05, 4.69) is 59.2 Å². The minimum Gasteiger partial charge on any atom is -0.258 e. The van der Waals surface area contributed by atoms with Crippen molar-refractivity contribution in [3.63, 3.8) is 0 Å². The molecule has 3 rings (SSSR count). The molecule has 0 aliphatic carbocycles. The summed E-state index contributed by atoms with van der Waals surface area (Å²) in [4.78, 5) is 5.52. The zero-order valence-electron chi connectivity index (χ0n) is 15.5. The van der Waals surface area contributed by atoms with Gasteiger partial charge in [-0.15, -0.1) is 11.3 Å². The molecule has 0 bridgehead atoms. The molecular formula is C21H22BrN3S. The Labute approximate surface area is 166 Å². The summed E-state index contributed by atoms with van der Waals surface area (Å²) in [6, 6.07) is 12.6. The highest BCUT2D eigenvalue weighted by molar-refractivity contribution is 9.10. The van der Waals surface area contributed by atoms with E-state index >= 15 is 0 Å². The Kier molecular flexibility index (Phi) is 5.89. The number of nitrogens with zero attached hydrogens (tertiary/aromatic N) is 3. The van der Waals surface area contributed by atoms with E-state index in [0.29, 0.717) is 0 Å². The number of halogens is 1. The molecule has 0 radical (unpaired) electrons. The second-order valence-electron chi connectivity index (χ2n) is 6.24. The fourth-order valence-electron chi connectivity index (χ4n) is 2.79. The van der Waals surface area contributed by atoms with E-state index in [9.17, 15) is 0 Å². The second kappa shape index (κ2) is 8.14. The molecule has 0 N–H and O–H groups in total. The fourth-order valence-corrected chi connectivity index (χ4v) is 4.10. The highest BCUT2D eigenvalue weighted by Crippen LogP contribution is 2.27. The number of hydrogen-bond acceptors (Lipinski definition) is 3. The summed E-state index contributed by atoms with van der Waals surface area (Å²) in [6.07, 6.45) is 1.88. The molecule has 2 aromatic carbocycles. The lowest BCUT2D eigenvalue weighted by Crippen LogP contribution is -2.12. The van der Waals surface area contributed by atoms with Gasteiger partial charge >= 0.3 is 0 Å². The van der Waals surface area contributed by atoms with Crippen molar-refractivity contribution in [2.75, 3.05) is 6.54 Å². The summed E-state index contributed by atoms with van der Waals surface area (Å²) in [5, 5.41) is 6.90. The first-order valence-electron chi connectivity index (χ1n) is 8.58. The molecule has 3 aromatic rings. The van der Waals surface area contributed by atoms with Crippen molar-refractivity contribution in [2.24, 2.45) is 10.1 Å². The van der Waals surface area contributed by atoms with Crippen LogP contribution >= 0.6 is 27.3 Å². The number of aryl methyl sites for hydroxylation is 3. The van der Waals surface area contributed by atoms with Crippen molar-refractivity contribution >= 4 is 33.5 Å². The van der Waals surface area contributed by atoms with Crippen molar-refractivity contribution in [2.45, 2.75) is 27.7 Å². The van der Waals surface area contributed by atoms with Crippen molar-refractivity contribution < 1.29 is 0 Å². The lowest BCUT2D eigenvalue weighted by atomic mass is 9.99. The maximum atomic E-state index is 4.75. The van der Waals surface area contributed by atoms with Gasteiger partial charge in [-0.3, -0.25) is 4.99 Å². The molecule has 0 amide bonds. The number of hydrogen-bond donors (Lipinski definition) is 0. The molecule has 1 heterocycles. The van der Waals surface area contributed by atoms with Gasteiger partial charge in [-0.25, -0.2) is 4.68 Å². The van der Waals surface area contributed by atoms with Gasteiger partial charge in [0.25, 0.3) is 0 Å². The average molecular weight is 428 g/mol. The summed E-state index contributed by atoms with van der Waals surface area (Å²) in [6.45, 7) is 9.23. The first-order chi connectivity index (χ1) is 12.5. The summed E-state index contributed by atoms with van der Waals surface area (Å²) in [7, 11) is 0. The summed E-state index contributed by atoms with van der Waals surface area (Å²) in [5.74, 6) is 0. The zero-order chi connectivity index (χ0) is 18.7. The maximum absolute atomic E-state index is 4.75. The van der Waals surface area contributed by atoms with Crippen LogP contribution in [0.15, 0.2) is 56.3 Å². The van der Waals surface area contributed by atoms with Crippen molar-refractivity contribution in [1.29, 1.82) is 0 Å². The molecule has 0 saturated heterocycles. The van der Waals surface area contributed by atoms with Crippen LogP contribution in [0, 0.1) is 20.8 Å². The van der Waals surface area contributed by atoms with Gasteiger partial charge in [-0.05, 0) is 68.1 Å². The number of aromatic nitrogens is 1. The highest BCUT2D eigenvalue weighted by atomic mass is 79.9. The van der Waals surface area contributed by atoms with E-state index in [-0.39, 0.29) is 0 Å². The van der Waals surface area contributed by atoms with Crippen LogP contribution in [-0.4, -0.2) is 17.4 Å². The first kappa shape index (κ1) is 18.8. The minimum absolute atomic E-state index is 0.734. The summed E-state index contributed by atoms with van der Waals surface area (Å²) in [5.41, 5.74) is 7.17. The number of thiazole rings is 1. The average Bonchev–Trinajstić information content (AvgIpc) is 2.99. The lowest BCUT2D eigenvalue weighted by Gasteiger charge is -2.10. The van der Waals surface area contributed by atoms with E-state index in [1.54, 1.807) is 11.3 Å². The third-order valence-corrected chi connectivity index (χ3v) is 5.61. The fraction of sp³-hybridized carbons (Fsp3) is 0.238. The van der Waals surface area contributed by atoms with Gasteiger partial charge in [0.15, 0.2) is 0 Å². The molecular weight excluding hydrogens is 406 g/mol. The molecule has 0 unspecified atom stereocenters. The number of benzene rings is 2. The van der Waals surface area contributed by atoms with Crippen LogP contribution in [0.25, 0.3) is 11.3 Å². The van der Waals surface area contributed by atoms with Crippen LogP contribution in [0.2, 0.25) is 0 Å². The standard InChI is InChI=1S/C21H22BrN3S/c1-5-23-21-25(24-12-17-7-6-8-18(22)11-17)20(13-26-21)19-10-15(3)14(2)9-16(19)4/h6-13H,5H2,1-4H3. The molecule has 1 aromatic heterocycles. The minimum atomic E-state index is 0.734. The van der Waals surface area contributed by atoms with Crippen LogP contribution in [0.4, 0.5) is 0 Å². The smallest absolute Gasteiger partial charge is 0.206 e. The van der Waals surface area contributed by atoms with Gasteiger partial charge in [0.2, 0.25) is 4.80 Å². The normalized spacial score (nSPS) is 12.3. The monoisotopic (exact) mass is 427 g/mol. The van der Waals surface area contributed by atoms with Crippen LogP contribution in [0.3, 0.4) is 0 Å². The Morgan fingerprint density at radius 2 is 1.85 bits per heavy atom. The van der Waals surface area contributed by atoms with Gasteiger partial charge in [-0.2, -0.15) is 5.10 Å². The highest BCUT2D eigenvalue weighted by Gasteiger charge is 2.11. The van der Waals surface area contributed by atoms with Gasteiger partial charge in [0, 0.05) is 22.0 Å². The summed E-state index contributed by atoms with van der Waals surface area (Å²) >= 11 is 5.14. The van der Waals surface area contributed by atoms with E-state index in [1.165, 1.54) is 22.3 Å². The van der Waals surface area contributed by atoms with Crippen molar-refractivity contribution in [3.05, 3.63) is 73.3 Å². The molecule has 3 nitrogen and oxygen atoms in total. The van der Waals surface area contributed by atoms with Gasteiger partial charge in [-0.1, -0.05) is 34.1 Å². The Morgan fingerprint density at radius 3 is 2.58 bits per heavy atom. The Hall–Kier alpha value is -1.98. The molecule has 0 aliphatic heterocycles. The predicted molar refractivity (Wildman–Crippen MR) is 115 cm³/mol. The molecule has 5 heteroatoms. The van der Waals surface area contributed by atoms with Gasteiger partial charge < -0.3 is 0 Å². The third kappa shape index (κ3) is 4.05. The number of rotatable bonds is 4. The molecule has 0 aliphatic rings. The third-order valence-electron chi connectivity index (χ3n) is 4.27. The van der Waals surface area contributed by atoms with E-state index in [4.69, 9.17) is 5.10 Å². The predicted octanol–water partition coefficient (Wildman–Crippen LogP) is 5.71. The maximum Gasteiger partial charge on any atom is 0.206 e. The lowest BCUT2D eigenvalue weighted by molar-refractivity contribution is 0.832. The first-order valence-corrected chi connectivity index (χ1v) is 10.3. The topological polar surface area (TPSA) is 29.6 Å². The SMILES string of the molecule is CCN=c1scc(-c2cc(C)c(C)cc2C)n1N=Cc1cccc(Br)c1. The van der Waals surface area contributed by atoms with E-state index in [0.717, 1.165) is 27.1 Å². The quantitative estimate of drug-likeness (QED) is 0.477. The van der Waals surface area contributed by atoms with Gasteiger partial charge in [0.1, 0.15) is 0 Å². The Balaban J connectivity index is 2.14. The van der Waals surface area contributed by atoms with Crippen molar-refractivity contribution in [3.8, 4) is 11.3 Å². The molecule has 134 valence electrons. The van der Waals surface area contributed by atoms with Crippen LogP contribution < -0.4 is 4.80 Å². The van der Waals surface area contributed by atoms with Crippen LogP contribution in [0.1, 0.15) is 29.2 Å². The molecule has 0 spiro atoms. The molecule has 0 fully saturated rings. The zero-order valence-corrected chi connectivity index (χ0v) is 17.9. The summed E-state index contributed by atoms with van der Waals surface area (Å²) < 4.78 is 2.99. The van der Waals surface area contributed by atoms with Gasteiger partial charge in [0.05, 0.1) is 11.9 Å².